The van der Waals surface area contributed by atoms with Crippen LogP contribution in [0.3, 0.4) is 0 Å². The van der Waals surface area contributed by atoms with E-state index in [1.165, 1.54) is 36.0 Å². The Labute approximate surface area is 208 Å². The Hall–Kier alpha value is -3.93. The summed E-state index contributed by atoms with van der Waals surface area (Å²) in [5.74, 6) is -0.678. The summed E-state index contributed by atoms with van der Waals surface area (Å²) < 4.78 is 81.1. The molecule has 1 aromatic carbocycles. The van der Waals surface area contributed by atoms with Crippen LogP contribution in [0.1, 0.15) is 31.1 Å². The van der Waals surface area contributed by atoms with Gasteiger partial charge in [0.2, 0.25) is 16.0 Å². The van der Waals surface area contributed by atoms with Gasteiger partial charge in [-0.2, -0.15) is 23.2 Å². The Kier molecular flexibility index (Phi) is 6.72. The fraction of sp³-hybridized carbons (Fsp3) is 0.217. The summed E-state index contributed by atoms with van der Waals surface area (Å²) in [5, 5.41) is 20.1. The highest BCUT2D eigenvalue weighted by molar-refractivity contribution is 7.89. The number of nitrogens with zero attached hydrogens (tertiary/aromatic N) is 5. The van der Waals surface area contributed by atoms with Gasteiger partial charge in [0.15, 0.2) is 0 Å². The first kappa shape index (κ1) is 26.1. The molecule has 2 N–H and O–H groups in total. The maximum atomic E-state index is 14.7. The lowest BCUT2D eigenvalue weighted by atomic mass is 10.0. The van der Waals surface area contributed by atoms with E-state index in [2.05, 4.69) is 15.0 Å². The molecule has 2 atom stereocenters. The molecule has 0 saturated carbocycles. The zero-order chi connectivity index (χ0) is 27.1. The number of aliphatic hydroxyl groups excluding tert-OH is 1. The monoisotopic (exact) mass is 534 g/mol. The maximum absolute atomic E-state index is 14.7. The summed E-state index contributed by atoms with van der Waals surface area (Å²) in [6.45, 7) is 2.04. The largest absolute Gasteiger partial charge is 0.404 e. The molecule has 0 amide bonds. The van der Waals surface area contributed by atoms with Crippen LogP contribution in [0.25, 0.3) is 28.2 Å². The van der Waals surface area contributed by atoms with E-state index in [-0.39, 0.29) is 39.4 Å². The van der Waals surface area contributed by atoms with Crippen LogP contribution < -0.4 is 4.72 Å². The lowest BCUT2D eigenvalue weighted by Crippen LogP contribution is -2.42. The van der Waals surface area contributed by atoms with Gasteiger partial charge in [-0.3, -0.25) is 9.55 Å². The fourth-order valence-electron chi connectivity index (χ4n) is 3.66. The second-order valence-corrected chi connectivity index (χ2v) is 9.76. The highest BCUT2D eigenvalue weighted by atomic mass is 32.2. The summed E-state index contributed by atoms with van der Waals surface area (Å²) in [7, 11) is -4.57. The predicted molar refractivity (Wildman–Crippen MR) is 123 cm³/mol. The topological polar surface area (TPSA) is 134 Å². The molecular formula is C23H18F4N6O3S. The molecule has 14 heteroatoms. The van der Waals surface area contributed by atoms with Crippen molar-refractivity contribution in [2.45, 2.75) is 37.1 Å². The van der Waals surface area contributed by atoms with Gasteiger partial charge in [0.25, 0.3) is 0 Å². The quantitative estimate of drug-likeness (QED) is 0.360. The minimum absolute atomic E-state index is 0.0366. The maximum Gasteiger partial charge on any atom is 0.404 e. The zero-order valence-electron chi connectivity index (χ0n) is 19.2. The van der Waals surface area contributed by atoms with E-state index in [0.717, 1.165) is 18.3 Å². The summed E-state index contributed by atoms with van der Waals surface area (Å²) in [5.41, 5.74) is 0.325. The molecule has 4 aromatic rings. The van der Waals surface area contributed by atoms with E-state index in [1.807, 2.05) is 6.07 Å². The van der Waals surface area contributed by atoms with Crippen LogP contribution in [0.2, 0.25) is 0 Å². The molecule has 0 aliphatic rings. The first-order chi connectivity index (χ1) is 17.3. The van der Waals surface area contributed by atoms with Crippen molar-refractivity contribution >= 4 is 20.9 Å². The van der Waals surface area contributed by atoms with Crippen molar-refractivity contribution in [2.75, 3.05) is 0 Å². The third-order valence-electron chi connectivity index (χ3n) is 5.51. The van der Waals surface area contributed by atoms with E-state index in [4.69, 9.17) is 0 Å². The van der Waals surface area contributed by atoms with Crippen molar-refractivity contribution < 1.29 is 31.1 Å². The highest BCUT2D eigenvalue weighted by Crippen LogP contribution is 2.37. The summed E-state index contributed by atoms with van der Waals surface area (Å²) >= 11 is 0. The van der Waals surface area contributed by atoms with E-state index in [9.17, 15) is 36.3 Å². The van der Waals surface area contributed by atoms with Gasteiger partial charge < -0.3 is 5.11 Å². The average molecular weight is 534 g/mol. The van der Waals surface area contributed by atoms with E-state index in [1.54, 1.807) is 10.8 Å². The molecule has 0 saturated heterocycles. The molecule has 192 valence electrons. The van der Waals surface area contributed by atoms with Crippen LogP contribution in [0.4, 0.5) is 17.6 Å². The van der Waals surface area contributed by atoms with Crippen LogP contribution in [0.5, 0.6) is 0 Å². The summed E-state index contributed by atoms with van der Waals surface area (Å²) in [4.78, 5) is 11.9. The van der Waals surface area contributed by atoms with Gasteiger partial charge >= 0.3 is 6.18 Å². The van der Waals surface area contributed by atoms with Crippen molar-refractivity contribution in [3.8, 4) is 23.4 Å². The number of nitrogens with one attached hydrogen (secondary N) is 1. The molecule has 0 bridgehead atoms. The molecule has 1 unspecified atom stereocenters. The number of hydrogen-bond donors (Lipinski definition) is 2. The first-order valence-electron chi connectivity index (χ1n) is 10.6. The number of pyridine rings is 1. The molecule has 0 aliphatic carbocycles. The van der Waals surface area contributed by atoms with Crippen molar-refractivity contribution in [1.82, 2.24) is 24.2 Å². The van der Waals surface area contributed by atoms with E-state index in [0.29, 0.717) is 6.92 Å². The van der Waals surface area contributed by atoms with Gasteiger partial charge in [-0.25, -0.2) is 22.8 Å². The van der Waals surface area contributed by atoms with Crippen LogP contribution >= 0.6 is 0 Å². The Morgan fingerprint density at radius 2 is 1.81 bits per heavy atom. The van der Waals surface area contributed by atoms with Crippen LogP contribution in [0, 0.1) is 17.1 Å². The smallest absolute Gasteiger partial charge is 0.389 e. The Morgan fingerprint density at radius 1 is 1.14 bits per heavy atom. The highest BCUT2D eigenvalue weighted by Gasteiger charge is 2.39. The number of benzene rings is 1. The van der Waals surface area contributed by atoms with E-state index < -0.39 is 39.1 Å². The van der Waals surface area contributed by atoms with Crippen molar-refractivity contribution in [2.24, 2.45) is 0 Å². The molecule has 37 heavy (non-hydrogen) atoms. The number of sulfonamides is 1. The SMILES string of the molecule is CC(O)c1cc2c(cc1F)c(C#N)c(-c1ccc(S(=O)(=O)N[C@@H](C)C(F)(F)F)cn1)n2-c1ncccn1. The van der Waals surface area contributed by atoms with Gasteiger partial charge in [0, 0.05) is 29.5 Å². The van der Waals surface area contributed by atoms with Gasteiger partial charge in [-0.15, -0.1) is 0 Å². The Bertz CT molecular complexity index is 1610. The number of nitriles is 1. The Balaban J connectivity index is 1.93. The van der Waals surface area contributed by atoms with Gasteiger partial charge in [-0.1, -0.05) is 0 Å². The molecule has 3 heterocycles. The van der Waals surface area contributed by atoms with Crippen LogP contribution in [-0.2, 0) is 10.0 Å². The zero-order valence-corrected chi connectivity index (χ0v) is 20.0. The lowest BCUT2D eigenvalue weighted by molar-refractivity contribution is -0.147. The summed E-state index contributed by atoms with van der Waals surface area (Å²) in [6.07, 6.45) is -2.26. The standard InChI is InChI=1S/C23H18F4N6O3S/c1-12(34)15-9-20-16(8-18(15)24)17(10-28)21(33(20)22-29-6-3-7-30-22)19-5-4-14(11-31-19)37(35,36)32-13(2)23(25,26)27/h3-9,11-13,32,34H,1-2H3/t12?,13-/m0/s1. The molecule has 9 nitrogen and oxygen atoms in total. The number of aromatic nitrogens is 4. The molecule has 3 aromatic heterocycles. The third kappa shape index (κ3) is 4.88. The number of rotatable bonds is 6. The molecule has 0 radical (unpaired) electrons. The number of hydrogen-bond acceptors (Lipinski definition) is 7. The molecule has 0 fully saturated rings. The molecular weight excluding hydrogens is 516 g/mol. The van der Waals surface area contributed by atoms with Crippen LogP contribution in [-0.4, -0.2) is 45.3 Å². The third-order valence-corrected chi connectivity index (χ3v) is 7.04. The van der Waals surface area contributed by atoms with Gasteiger partial charge in [-0.05, 0) is 44.2 Å². The number of alkyl halides is 3. The molecule has 0 aliphatic heterocycles. The second-order valence-electron chi connectivity index (χ2n) is 8.05. The molecule has 0 spiro atoms. The van der Waals surface area contributed by atoms with Crippen molar-refractivity contribution in [1.29, 1.82) is 5.26 Å². The van der Waals surface area contributed by atoms with E-state index >= 15 is 0 Å². The van der Waals surface area contributed by atoms with Gasteiger partial charge in [0.05, 0.1) is 28.6 Å². The number of halogens is 4. The molecule has 4 rings (SSSR count). The Morgan fingerprint density at radius 3 is 2.35 bits per heavy atom. The average Bonchev–Trinajstić information content (AvgIpc) is 3.16. The minimum Gasteiger partial charge on any atom is -0.389 e. The lowest BCUT2D eigenvalue weighted by Gasteiger charge is -2.17. The number of aliphatic hydroxyl groups is 1. The minimum atomic E-state index is -4.79. The first-order valence-corrected chi connectivity index (χ1v) is 12.1. The normalized spacial score (nSPS) is 13.9. The van der Waals surface area contributed by atoms with Gasteiger partial charge in [0.1, 0.15) is 22.8 Å². The number of fused-ring (bicyclic) bond motifs is 1. The fourth-order valence-corrected chi connectivity index (χ4v) is 4.83. The van der Waals surface area contributed by atoms with Crippen molar-refractivity contribution in [3.63, 3.8) is 0 Å². The van der Waals surface area contributed by atoms with Crippen molar-refractivity contribution in [3.05, 3.63) is 65.9 Å². The summed E-state index contributed by atoms with van der Waals surface area (Å²) in [6, 6.07) is 5.87. The van der Waals surface area contributed by atoms with Crippen LogP contribution in [0.15, 0.2) is 53.8 Å². The predicted octanol–water partition coefficient (Wildman–Crippen LogP) is 3.78. The second kappa shape index (κ2) is 9.51.